The molecule has 12 nitrogen and oxygen atoms in total. The maximum absolute atomic E-state index is 14.8. The van der Waals surface area contributed by atoms with Crippen LogP contribution in [0.15, 0.2) is 11.6 Å². The molecule has 0 radical (unpaired) electrons. The van der Waals surface area contributed by atoms with Gasteiger partial charge in [-0.25, -0.2) is 0 Å². The van der Waals surface area contributed by atoms with E-state index in [1.807, 2.05) is 13.0 Å². The zero-order chi connectivity index (χ0) is 38.0. The van der Waals surface area contributed by atoms with Crippen LogP contribution in [-0.4, -0.2) is 97.7 Å². The minimum Gasteiger partial charge on any atom is -0.525 e. The summed E-state index contributed by atoms with van der Waals surface area (Å²) in [6.07, 6.45) is -2.86. The normalized spacial score (nSPS) is 52.5. The van der Waals surface area contributed by atoms with Crippen LogP contribution >= 0.6 is 0 Å². The van der Waals surface area contributed by atoms with Crippen LogP contribution in [0.5, 0.6) is 0 Å². The topological polar surface area (TPSA) is 192 Å². The molecule has 5 aliphatic carbocycles. The standard InChI is InChI=1S/C40H60O12.2K/c1-35(2)25-8-11-40(7)31(22(41)16-20-21-17-37(4,34(47)48)13-12-36(21,3)14-15-39(20,40)6)38(25,5)10-9-26(35)51-33-30(28(45)24(43)19-50-33)52-32-29(46)27(44)23(42)18-49-32;;/h16,18-19,21,23-33,42-46H,8-15,17H2,1-7H3,(H,47,48);;/q-2;2*+1/t21-,23+,24+,25-,26-,27?,28-,29?,30?,31+,32+,33+,36+,37-,38-,39+,40+;;/m0../s1. The van der Waals surface area contributed by atoms with Crippen molar-refractivity contribution in [3.8, 4) is 0 Å². The number of carboxylic acid groups (broad SMARTS) is 1. The van der Waals surface area contributed by atoms with Crippen molar-refractivity contribution < 1.29 is 162 Å². The molecular formula is C40H60K2O12. The largest absolute Gasteiger partial charge is 1.00 e. The van der Waals surface area contributed by atoms with Crippen molar-refractivity contribution >= 4 is 11.8 Å². The Morgan fingerprint density at radius 2 is 1.39 bits per heavy atom. The fraction of sp³-hybridized carbons (Fsp3) is 0.850. The summed E-state index contributed by atoms with van der Waals surface area (Å²) in [5.74, 6) is -0.663. The van der Waals surface area contributed by atoms with Crippen LogP contribution < -0.4 is 103 Å². The van der Waals surface area contributed by atoms with E-state index in [1.165, 1.54) is 5.57 Å². The van der Waals surface area contributed by atoms with Crippen LogP contribution in [0, 0.1) is 63.5 Å². The first-order valence-corrected chi connectivity index (χ1v) is 19.3. The van der Waals surface area contributed by atoms with E-state index in [2.05, 4.69) is 41.5 Å². The molecule has 0 aromatic carbocycles. The van der Waals surface area contributed by atoms with E-state index in [4.69, 9.17) is 18.9 Å². The number of allylic oxidation sites excluding steroid dienone is 2. The molecule has 7 rings (SSSR count). The molecular weight excluding hydrogens is 751 g/mol. The first-order chi connectivity index (χ1) is 24.1. The van der Waals surface area contributed by atoms with Crippen molar-refractivity contribution in [2.24, 2.45) is 50.2 Å². The van der Waals surface area contributed by atoms with Crippen LogP contribution in [0.4, 0.5) is 0 Å². The molecule has 7 aliphatic rings. The maximum Gasteiger partial charge on any atom is 1.00 e. The Balaban J connectivity index is 0.00000280. The Morgan fingerprint density at radius 3 is 2.04 bits per heavy atom. The molecule has 3 unspecified atom stereocenters. The average Bonchev–Trinajstić information content (AvgIpc) is 3.07. The van der Waals surface area contributed by atoms with Gasteiger partial charge in [0.05, 0.1) is 23.7 Å². The number of carbonyl (C=O) groups is 2. The molecule has 17 atom stereocenters. The molecule has 0 bridgehead atoms. The predicted octanol–water partition coefficient (Wildman–Crippen LogP) is -2.33. The van der Waals surface area contributed by atoms with Gasteiger partial charge in [0.15, 0.2) is 18.4 Å². The Kier molecular flexibility index (Phi) is 14.1. The van der Waals surface area contributed by atoms with E-state index < -0.39 is 66.0 Å². The Morgan fingerprint density at radius 1 is 0.778 bits per heavy atom. The first-order valence-electron chi connectivity index (χ1n) is 19.3. The molecule has 4 saturated carbocycles. The fourth-order valence-corrected chi connectivity index (χ4v) is 12.6. The van der Waals surface area contributed by atoms with Crippen molar-refractivity contribution in [1.82, 2.24) is 0 Å². The molecule has 2 saturated heterocycles. The van der Waals surface area contributed by atoms with Gasteiger partial charge in [0.25, 0.3) is 0 Å². The van der Waals surface area contributed by atoms with Gasteiger partial charge < -0.3 is 49.6 Å². The molecule has 294 valence electrons. The maximum atomic E-state index is 14.8. The Labute approximate surface area is 405 Å². The molecule has 2 aliphatic heterocycles. The van der Waals surface area contributed by atoms with Crippen molar-refractivity contribution in [3.05, 3.63) is 24.9 Å². The van der Waals surface area contributed by atoms with Crippen LogP contribution in [0.25, 0.3) is 0 Å². The average molecular weight is 811 g/mol. The first kappa shape index (κ1) is 46.9. The minimum atomic E-state index is -1.64. The molecule has 0 aromatic rings. The molecule has 0 aromatic heterocycles. The number of aliphatic hydroxyl groups is 5. The SMILES string of the molecule is CC1(C)[C@@H](O[C@H]2O[CH-][C@@H](O)[C@H](O)C2O[C@H]2O[CH-][C@@H](O)C(O)C2O)CC[C@]2(C)[C@H]3C(=O)C=C4[C@@H]5C[C@@](C)(C(=O)O)CC[C@]5(C)CC[C@@]4(C)[C@]3(C)CC[C@@H]12.[K+].[K+]. The van der Waals surface area contributed by atoms with Gasteiger partial charge in [0, 0.05) is 5.92 Å². The summed E-state index contributed by atoms with van der Waals surface area (Å²) in [5.41, 5.74) is -0.997. The number of aliphatic carboxylic acids is 1. The molecule has 0 amide bonds. The smallest absolute Gasteiger partial charge is 0.525 e. The van der Waals surface area contributed by atoms with E-state index >= 15 is 0 Å². The summed E-state index contributed by atoms with van der Waals surface area (Å²) < 4.78 is 23.6. The van der Waals surface area contributed by atoms with Gasteiger partial charge in [-0.1, -0.05) is 47.1 Å². The number of ketones is 1. The fourth-order valence-electron chi connectivity index (χ4n) is 12.6. The molecule has 14 heteroatoms. The summed E-state index contributed by atoms with van der Waals surface area (Å²) in [6.45, 7) is 17.5. The second-order valence-electron chi connectivity index (χ2n) is 19.4. The summed E-state index contributed by atoms with van der Waals surface area (Å²) in [7, 11) is 0. The number of fused-ring (bicyclic) bond motifs is 7. The van der Waals surface area contributed by atoms with E-state index in [9.17, 15) is 40.2 Å². The molecule has 6 fully saturated rings. The Hall–Kier alpha value is 1.79. The third kappa shape index (κ3) is 7.25. The summed E-state index contributed by atoms with van der Waals surface area (Å²) in [6, 6.07) is 0. The van der Waals surface area contributed by atoms with E-state index in [-0.39, 0.29) is 154 Å². The second-order valence-corrected chi connectivity index (χ2v) is 19.4. The predicted molar refractivity (Wildman–Crippen MR) is 185 cm³/mol. The van der Waals surface area contributed by atoms with E-state index in [0.717, 1.165) is 45.3 Å². The van der Waals surface area contributed by atoms with Crippen molar-refractivity contribution in [2.45, 2.75) is 162 Å². The molecule has 54 heavy (non-hydrogen) atoms. The van der Waals surface area contributed by atoms with E-state index in [0.29, 0.717) is 25.7 Å². The monoisotopic (exact) mass is 810 g/mol. The second kappa shape index (κ2) is 16.2. The van der Waals surface area contributed by atoms with Gasteiger partial charge >= 0.3 is 109 Å². The van der Waals surface area contributed by atoms with Gasteiger partial charge in [-0.2, -0.15) is 13.2 Å². The van der Waals surface area contributed by atoms with Gasteiger partial charge in [-0.3, -0.25) is 9.59 Å². The third-order valence-corrected chi connectivity index (χ3v) is 16.3. The van der Waals surface area contributed by atoms with Crippen LogP contribution in [-0.2, 0) is 28.5 Å². The summed E-state index contributed by atoms with van der Waals surface area (Å²) in [5, 5.41) is 62.2. The number of aliphatic hydroxyl groups excluding tert-OH is 5. The quantitative estimate of drug-likeness (QED) is 0.0989. The van der Waals surface area contributed by atoms with Gasteiger partial charge in [0.1, 0.15) is 12.2 Å². The van der Waals surface area contributed by atoms with Gasteiger partial charge in [0.2, 0.25) is 0 Å². The number of carboxylic acids is 1. The number of ether oxygens (including phenoxy) is 4. The van der Waals surface area contributed by atoms with Crippen molar-refractivity contribution in [2.75, 3.05) is 0 Å². The Bertz CT molecular complexity index is 1480. The van der Waals surface area contributed by atoms with Crippen molar-refractivity contribution in [1.29, 1.82) is 0 Å². The number of rotatable bonds is 5. The molecule has 6 N–H and O–H groups in total. The number of carbonyl (C=O) groups excluding carboxylic acids is 1. The summed E-state index contributed by atoms with van der Waals surface area (Å²) >= 11 is 0. The van der Waals surface area contributed by atoms with E-state index in [1.54, 1.807) is 0 Å². The zero-order valence-corrected chi connectivity index (χ0v) is 39.9. The molecule has 0 spiro atoms. The number of hydrogen-bond donors (Lipinski definition) is 6. The van der Waals surface area contributed by atoms with Gasteiger partial charge in [-0.05, 0) is 122 Å². The third-order valence-electron chi connectivity index (χ3n) is 16.3. The van der Waals surface area contributed by atoms with Crippen LogP contribution in [0.3, 0.4) is 0 Å². The van der Waals surface area contributed by atoms with Gasteiger partial charge in [-0.15, -0.1) is 0 Å². The van der Waals surface area contributed by atoms with Crippen molar-refractivity contribution in [3.63, 3.8) is 0 Å². The van der Waals surface area contributed by atoms with Crippen LogP contribution in [0.2, 0.25) is 0 Å². The minimum absolute atomic E-state index is 0. The summed E-state index contributed by atoms with van der Waals surface area (Å²) in [4.78, 5) is 27.2. The number of hydrogen-bond acceptors (Lipinski definition) is 11. The zero-order valence-electron chi connectivity index (χ0n) is 33.7. The molecule has 2 heterocycles. The van der Waals surface area contributed by atoms with Crippen LogP contribution in [0.1, 0.15) is 106 Å².